The molecule has 1 aliphatic rings. The number of hydrogen-bond donors (Lipinski definition) is 1. The molecule has 1 unspecified atom stereocenters. The maximum atomic E-state index is 5.98. The first-order valence-corrected chi connectivity index (χ1v) is 6.16. The first kappa shape index (κ1) is 12.0. The Hall–Kier alpha value is -0.0800. The highest BCUT2D eigenvalue weighted by Gasteiger charge is 2.18. The van der Waals surface area contributed by atoms with E-state index in [-0.39, 0.29) is 0 Å². The van der Waals surface area contributed by atoms with Crippen molar-refractivity contribution in [2.45, 2.75) is 51.5 Å². The average molecular weight is 198 g/mol. The van der Waals surface area contributed by atoms with Gasteiger partial charge in [-0.3, -0.25) is 0 Å². The molecule has 0 radical (unpaired) electrons. The molecule has 1 aliphatic carbocycles. The van der Waals surface area contributed by atoms with E-state index < -0.39 is 0 Å². The van der Waals surface area contributed by atoms with Crippen molar-refractivity contribution >= 4 is 0 Å². The Morgan fingerprint density at radius 2 is 2.07 bits per heavy atom. The molecule has 0 spiro atoms. The third-order valence-corrected chi connectivity index (χ3v) is 3.34. The summed E-state index contributed by atoms with van der Waals surface area (Å²) in [6.45, 7) is 4.68. The molecule has 0 heterocycles. The molecular weight excluding hydrogens is 172 g/mol. The fraction of sp³-hybridized carbons (Fsp3) is 1.00. The van der Waals surface area contributed by atoms with Crippen LogP contribution in [0.25, 0.3) is 0 Å². The SMILES string of the molecule is CCCC(N)CCN(C)CC1CCC1. The highest BCUT2D eigenvalue weighted by Crippen LogP contribution is 2.26. The Kier molecular flexibility index (Phi) is 5.49. The van der Waals surface area contributed by atoms with Gasteiger partial charge < -0.3 is 10.6 Å². The van der Waals surface area contributed by atoms with Crippen LogP contribution in [0, 0.1) is 5.92 Å². The lowest BCUT2D eigenvalue weighted by Crippen LogP contribution is -2.33. The van der Waals surface area contributed by atoms with Crippen molar-refractivity contribution in [1.29, 1.82) is 0 Å². The van der Waals surface area contributed by atoms with Gasteiger partial charge in [0, 0.05) is 12.6 Å². The summed E-state index contributed by atoms with van der Waals surface area (Å²) < 4.78 is 0. The molecule has 0 aromatic heterocycles. The van der Waals surface area contributed by atoms with Gasteiger partial charge in [-0.1, -0.05) is 19.8 Å². The lowest BCUT2D eigenvalue weighted by atomic mass is 9.85. The third-order valence-electron chi connectivity index (χ3n) is 3.34. The molecule has 1 fully saturated rings. The van der Waals surface area contributed by atoms with Gasteiger partial charge in [0.15, 0.2) is 0 Å². The minimum absolute atomic E-state index is 0.420. The van der Waals surface area contributed by atoms with E-state index in [1.807, 2.05) is 0 Å². The van der Waals surface area contributed by atoms with Crippen LogP contribution in [0.5, 0.6) is 0 Å². The van der Waals surface area contributed by atoms with Crippen molar-refractivity contribution in [2.24, 2.45) is 11.7 Å². The summed E-state index contributed by atoms with van der Waals surface area (Å²) in [5.41, 5.74) is 5.98. The standard InChI is InChI=1S/C12H26N2/c1-3-5-12(13)8-9-14(2)10-11-6-4-7-11/h11-12H,3-10,13H2,1-2H3. The van der Waals surface area contributed by atoms with Crippen LogP contribution in [0.4, 0.5) is 0 Å². The largest absolute Gasteiger partial charge is 0.328 e. The van der Waals surface area contributed by atoms with E-state index in [2.05, 4.69) is 18.9 Å². The minimum Gasteiger partial charge on any atom is -0.328 e. The van der Waals surface area contributed by atoms with E-state index in [9.17, 15) is 0 Å². The van der Waals surface area contributed by atoms with Crippen LogP contribution in [-0.4, -0.2) is 31.1 Å². The zero-order valence-corrected chi connectivity index (χ0v) is 9.84. The molecule has 2 N–H and O–H groups in total. The monoisotopic (exact) mass is 198 g/mol. The van der Waals surface area contributed by atoms with Crippen LogP contribution >= 0.6 is 0 Å². The number of rotatable bonds is 7. The lowest BCUT2D eigenvalue weighted by molar-refractivity contribution is 0.200. The number of hydrogen-bond acceptors (Lipinski definition) is 2. The summed E-state index contributed by atoms with van der Waals surface area (Å²) in [6, 6.07) is 0.420. The Labute approximate surface area is 88.8 Å². The molecule has 0 amide bonds. The highest BCUT2D eigenvalue weighted by molar-refractivity contribution is 4.73. The number of nitrogens with two attached hydrogens (primary N) is 1. The number of nitrogens with zero attached hydrogens (tertiary/aromatic N) is 1. The Bertz CT molecular complexity index is 143. The molecule has 1 saturated carbocycles. The zero-order chi connectivity index (χ0) is 10.4. The highest BCUT2D eigenvalue weighted by atomic mass is 15.1. The predicted octanol–water partition coefficient (Wildman–Crippen LogP) is 2.24. The van der Waals surface area contributed by atoms with Crippen LogP contribution < -0.4 is 5.73 Å². The molecule has 2 heteroatoms. The summed E-state index contributed by atoms with van der Waals surface area (Å²) in [7, 11) is 2.23. The molecule has 0 bridgehead atoms. The second-order valence-electron chi connectivity index (χ2n) is 4.90. The van der Waals surface area contributed by atoms with Crippen LogP contribution in [0.1, 0.15) is 45.4 Å². The van der Waals surface area contributed by atoms with Gasteiger partial charge in [0.1, 0.15) is 0 Å². The molecule has 1 rings (SSSR count). The summed E-state index contributed by atoms with van der Waals surface area (Å²) >= 11 is 0. The predicted molar refractivity (Wildman–Crippen MR) is 62.3 cm³/mol. The smallest absolute Gasteiger partial charge is 0.00509 e. The summed E-state index contributed by atoms with van der Waals surface area (Å²) in [4.78, 5) is 2.46. The molecule has 84 valence electrons. The molecule has 0 aromatic carbocycles. The van der Waals surface area contributed by atoms with Crippen molar-refractivity contribution in [2.75, 3.05) is 20.1 Å². The van der Waals surface area contributed by atoms with E-state index in [0.29, 0.717) is 6.04 Å². The Balaban J connectivity index is 1.98. The molecule has 2 nitrogen and oxygen atoms in total. The first-order chi connectivity index (χ1) is 6.72. The van der Waals surface area contributed by atoms with Gasteiger partial charge in [-0.15, -0.1) is 0 Å². The first-order valence-electron chi connectivity index (χ1n) is 6.16. The fourth-order valence-electron chi connectivity index (χ4n) is 2.11. The summed E-state index contributed by atoms with van der Waals surface area (Å²) in [6.07, 6.45) is 7.91. The quantitative estimate of drug-likeness (QED) is 0.680. The normalized spacial score (nSPS) is 19.7. The van der Waals surface area contributed by atoms with Crippen LogP contribution in [0.3, 0.4) is 0 Å². The van der Waals surface area contributed by atoms with Crippen molar-refractivity contribution in [3.63, 3.8) is 0 Å². The van der Waals surface area contributed by atoms with Gasteiger partial charge in [0.25, 0.3) is 0 Å². The van der Waals surface area contributed by atoms with Crippen molar-refractivity contribution in [3.05, 3.63) is 0 Å². The second-order valence-corrected chi connectivity index (χ2v) is 4.90. The lowest BCUT2D eigenvalue weighted by Gasteiger charge is -2.30. The van der Waals surface area contributed by atoms with Gasteiger partial charge in [0.2, 0.25) is 0 Å². The maximum absolute atomic E-state index is 5.98. The zero-order valence-electron chi connectivity index (χ0n) is 9.84. The van der Waals surface area contributed by atoms with E-state index >= 15 is 0 Å². The van der Waals surface area contributed by atoms with E-state index in [0.717, 1.165) is 12.3 Å². The van der Waals surface area contributed by atoms with Crippen molar-refractivity contribution in [1.82, 2.24) is 4.90 Å². The molecule has 0 aliphatic heterocycles. The van der Waals surface area contributed by atoms with E-state index in [1.165, 1.54) is 45.2 Å². The van der Waals surface area contributed by atoms with Gasteiger partial charge in [-0.25, -0.2) is 0 Å². The van der Waals surface area contributed by atoms with Crippen LogP contribution in [0.15, 0.2) is 0 Å². The van der Waals surface area contributed by atoms with Gasteiger partial charge in [0.05, 0.1) is 0 Å². The molecule has 0 saturated heterocycles. The van der Waals surface area contributed by atoms with Crippen molar-refractivity contribution < 1.29 is 0 Å². The topological polar surface area (TPSA) is 29.3 Å². The molecule has 1 atom stereocenters. The van der Waals surface area contributed by atoms with E-state index in [4.69, 9.17) is 5.73 Å². The maximum Gasteiger partial charge on any atom is 0.00509 e. The summed E-state index contributed by atoms with van der Waals surface area (Å²) in [5, 5.41) is 0. The van der Waals surface area contributed by atoms with Crippen LogP contribution in [0.2, 0.25) is 0 Å². The van der Waals surface area contributed by atoms with Gasteiger partial charge >= 0.3 is 0 Å². The molecule has 14 heavy (non-hydrogen) atoms. The third kappa shape index (κ3) is 4.43. The molecule has 0 aromatic rings. The summed E-state index contributed by atoms with van der Waals surface area (Å²) in [5.74, 6) is 0.988. The average Bonchev–Trinajstić information content (AvgIpc) is 2.09. The minimum atomic E-state index is 0.420. The Morgan fingerprint density at radius 3 is 2.57 bits per heavy atom. The molecular formula is C12H26N2. The van der Waals surface area contributed by atoms with Gasteiger partial charge in [-0.2, -0.15) is 0 Å². The van der Waals surface area contributed by atoms with Crippen LogP contribution in [-0.2, 0) is 0 Å². The van der Waals surface area contributed by atoms with E-state index in [1.54, 1.807) is 0 Å². The second kappa shape index (κ2) is 6.41. The van der Waals surface area contributed by atoms with Crippen molar-refractivity contribution in [3.8, 4) is 0 Å². The van der Waals surface area contributed by atoms with Gasteiger partial charge in [-0.05, 0) is 45.2 Å². The fourth-order valence-corrected chi connectivity index (χ4v) is 2.11. The Morgan fingerprint density at radius 1 is 1.36 bits per heavy atom.